The van der Waals surface area contributed by atoms with E-state index in [1.807, 2.05) is 66.7 Å². The number of amides is 2. The average molecular weight is 1530 g/mol. The highest BCUT2D eigenvalue weighted by Gasteiger charge is 2.40. The van der Waals surface area contributed by atoms with Crippen molar-refractivity contribution < 1.29 is 115 Å². The van der Waals surface area contributed by atoms with Gasteiger partial charge in [-0.2, -0.15) is 0 Å². The number of aliphatic hydroxyl groups excluding tert-OH is 3. The predicted molar refractivity (Wildman–Crippen MR) is 393 cm³/mol. The third kappa shape index (κ3) is 22.7. The lowest BCUT2D eigenvalue weighted by molar-refractivity contribution is -0.142. The quantitative estimate of drug-likeness (QED) is 0.0249. The number of nitrogens with one attached hydrogen (secondary N) is 1. The monoisotopic (exact) mass is 1530 g/mol. The number of halogens is 2. The molecule has 6 fully saturated rings. The Kier molecular flexibility index (Phi) is 31.3. The van der Waals surface area contributed by atoms with Gasteiger partial charge in [0.05, 0.1) is 120 Å². The average Bonchev–Trinajstić information content (AvgIpc) is 1.74. The smallest absolute Gasteiger partial charge is 0.415 e. The number of rotatable bonds is 24. The Morgan fingerprint density at radius 1 is 0.393 bits per heavy atom. The molecule has 6 heterocycles. The molecule has 6 aromatic rings. The zero-order valence-corrected chi connectivity index (χ0v) is 63.0. The molecule has 0 saturated carbocycles. The SMILES string of the molecule is COc1ccc(C[C@H]2COC(=O)[C@@H]2Cc2ccc(OC(=O)Cl)c(OC)c2)cc1OC.COc1ccc(C[C@H]2COC(=O)[C@@H]2Cc2ccc(OC(=O)N3CC[C@H](O)C3)c(OC)c2)cc1OC.COc1ccc(C[C@H]2COC(=O)[C@@H]2Cc2ccc(OC(=O)N3CC[C@H](O)C3)c(OC)c2)cc1OC.Cl.O[C@H]1CCNC1. The molecule has 6 aliphatic rings. The molecule has 4 N–H and O–H groups in total. The van der Waals surface area contributed by atoms with Gasteiger partial charge in [-0.25, -0.2) is 14.4 Å². The number of hydrogen-bond acceptors (Lipinski definition) is 25. The van der Waals surface area contributed by atoms with Gasteiger partial charge in [-0.3, -0.25) is 14.4 Å². The van der Waals surface area contributed by atoms with Crippen LogP contribution in [0.15, 0.2) is 109 Å². The third-order valence-corrected chi connectivity index (χ3v) is 19.4. The summed E-state index contributed by atoms with van der Waals surface area (Å²) in [5.41, 5.74) is 4.75. The number of cyclic esters (lactones) is 3. The van der Waals surface area contributed by atoms with Crippen LogP contribution in [-0.4, -0.2) is 202 Å². The van der Waals surface area contributed by atoms with E-state index in [4.69, 9.17) is 87.8 Å². The van der Waals surface area contributed by atoms with Crippen molar-refractivity contribution in [1.29, 1.82) is 0 Å². The molecule has 9 atom stereocenters. The van der Waals surface area contributed by atoms with Crippen LogP contribution in [0.5, 0.6) is 69.0 Å². The van der Waals surface area contributed by atoms with Crippen molar-refractivity contribution in [1.82, 2.24) is 15.1 Å². The van der Waals surface area contributed by atoms with Crippen LogP contribution in [0.25, 0.3) is 0 Å². The summed E-state index contributed by atoms with van der Waals surface area (Å²) in [6.45, 7) is 4.25. The topological polar surface area (TPSA) is 320 Å². The van der Waals surface area contributed by atoms with Crippen LogP contribution in [0.2, 0.25) is 0 Å². The molecule has 0 unspecified atom stereocenters. The van der Waals surface area contributed by atoms with E-state index in [-0.39, 0.29) is 90.8 Å². The van der Waals surface area contributed by atoms with Gasteiger partial charge in [-0.05, 0) is 171 Å². The number of carbonyl (C=O) groups excluding carboxylic acids is 6. The molecular weight excluding hydrogens is 1430 g/mol. The van der Waals surface area contributed by atoms with Gasteiger partial charge in [-0.15, -0.1) is 12.4 Å². The maximum atomic E-state index is 12.5. The van der Waals surface area contributed by atoms with Crippen LogP contribution in [-0.2, 0) is 67.1 Å². The second-order valence-electron chi connectivity index (χ2n) is 26.2. The van der Waals surface area contributed by atoms with Gasteiger partial charge in [0.2, 0.25) is 0 Å². The summed E-state index contributed by atoms with van der Waals surface area (Å²) in [4.78, 5) is 76.2. The molecule has 6 aromatic carbocycles. The molecule has 0 bridgehead atoms. The van der Waals surface area contributed by atoms with E-state index in [0.717, 1.165) is 52.9 Å². The van der Waals surface area contributed by atoms with E-state index >= 15 is 0 Å². The minimum atomic E-state index is -0.949. The fourth-order valence-electron chi connectivity index (χ4n) is 13.5. The van der Waals surface area contributed by atoms with Crippen LogP contribution < -0.4 is 62.2 Å². The van der Waals surface area contributed by atoms with Gasteiger partial charge >= 0.3 is 35.5 Å². The van der Waals surface area contributed by atoms with Gasteiger partial charge in [0.25, 0.3) is 0 Å². The lowest BCUT2D eigenvalue weighted by atomic mass is 9.85. The van der Waals surface area contributed by atoms with E-state index in [9.17, 15) is 39.0 Å². The molecule has 27 nitrogen and oxygen atoms in total. The molecule has 12 rings (SSSR count). The zero-order chi connectivity index (χ0) is 76.0. The first-order chi connectivity index (χ1) is 51.2. The Morgan fingerprint density at radius 2 is 0.664 bits per heavy atom. The minimum Gasteiger partial charge on any atom is -0.493 e. The van der Waals surface area contributed by atoms with Crippen LogP contribution in [0, 0.1) is 35.5 Å². The molecule has 6 saturated heterocycles. The predicted octanol–water partition coefficient (Wildman–Crippen LogP) is 9.49. The second-order valence-corrected chi connectivity index (χ2v) is 26.5. The van der Waals surface area contributed by atoms with Gasteiger partial charge in [0.15, 0.2) is 69.0 Å². The number of nitrogens with zero attached hydrogens (tertiary/aromatic N) is 2. The maximum absolute atomic E-state index is 12.5. The molecular formula is C78H95Cl2N3O24. The standard InChI is InChI=1S/2C26H31NO8.C22H23ClO7.C4H9NO.ClH/c2*1-31-21-6-4-16(12-23(21)32-2)10-18-15-34-25(29)20(18)11-17-5-7-22(24(13-17)33-3)35-26(30)27-9-8-19(28)14-27;1-26-17-6-4-13(10-19(17)27-2)8-15-12-29-21(24)16(15)9-14-5-7-18(30-22(23)25)20(11-14)28-3;6-4-1-2-5-3-4;/h2*4-7,12-13,18-20,28H,8-11,14-15H2,1-3H3;4-7,10-11,15-16H,8-9,12H2,1-3H3;4-6H,1-3H2;1H/t2*18-,19-,20+;15-,16+;4-;/m0000./s1. The normalized spacial score (nSPS) is 21.1. The number of benzene rings is 6. The van der Waals surface area contributed by atoms with Crippen LogP contribution in [0.1, 0.15) is 52.6 Å². The Labute approximate surface area is 633 Å². The highest BCUT2D eigenvalue weighted by Crippen LogP contribution is 2.40. The Morgan fingerprint density at radius 3 is 0.897 bits per heavy atom. The first kappa shape index (κ1) is 83.0. The lowest BCUT2D eigenvalue weighted by Gasteiger charge is -2.18. The van der Waals surface area contributed by atoms with E-state index in [0.29, 0.717) is 148 Å². The third-order valence-electron chi connectivity index (χ3n) is 19.3. The summed E-state index contributed by atoms with van der Waals surface area (Å²) >= 11 is 5.28. The molecule has 2 amide bonds. The van der Waals surface area contributed by atoms with Gasteiger partial charge in [-0.1, -0.05) is 36.4 Å². The number of likely N-dealkylation sites (tertiary alicyclic amines) is 2. The largest absolute Gasteiger partial charge is 0.493 e. The number of ether oxygens (including phenoxy) is 15. The Hall–Kier alpha value is -9.64. The van der Waals surface area contributed by atoms with Crippen LogP contribution in [0.4, 0.5) is 14.4 Å². The van der Waals surface area contributed by atoms with Crippen LogP contribution in [0.3, 0.4) is 0 Å². The van der Waals surface area contributed by atoms with Crippen molar-refractivity contribution in [3.8, 4) is 69.0 Å². The van der Waals surface area contributed by atoms with Gasteiger partial charge in [0, 0.05) is 62.1 Å². The summed E-state index contributed by atoms with van der Waals surface area (Å²) in [5.74, 6) is 4.28. The number of aliphatic hydroxyl groups is 3. The fraction of sp³-hybridized carbons (Fsp3) is 0.462. The van der Waals surface area contributed by atoms with Crippen LogP contribution >= 0.6 is 24.0 Å². The molecule has 6 aliphatic heterocycles. The van der Waals surface area contributed by atoms with Gasteiger partial charge in [0.1, 0.15) is 0 Å². The zero-order valence-electron chi connectivity index (χ0n) is 61.4. The number of carbonyl (C=O) groups is 6. The van der Waals surface area contributed by atoms with Crippen molar-refractivity contribution in [2.24, 2.45) is 35.5 Å². The lowest BCUT2D eigenvalue weighted by Crippen LogP contribution is -2.32. The first-order valence-electron chi connectivity index (χ1n) is 34.9. The Bertz CT molecular complexity index is 3820. The number of methoxy groups -OCH3 is 9. The molecule has 107 heavy (non-hydrogen) atoms. The second kappa shape index (κ2) is 40.4. The Balaban J connectivity index is 0.000000194. The highest BCUT2D eigenvalue weighted by atomic mass is 35.5. The summed E-state index contributed by atoms with van der Waals surface area (Å²) in [6.07, 6.45) is 3.23. The molecule has 0 radical (unpaired) electrons. The molecule has 580 valence electrons. The molecule has 0 spiro atoms. The van der Waals surface area contributed by atoms with Crippen molar-refractivity contribution in [2.75, 3.05) is 123 Å². The molecule has 29 heteroatoms. The van der Waals surface area contributed by atoms with E-state index in [2.05, 4.69) is 5.32 Å². The summed E-state index contributed by atoms with van der Waals surface area (Å²) in [6, 6.07) is 32.8. The van der Waals surface area contributed by atoms with Crippen molar-refractivity contribution in [3.05, 3.63) is 143 Å². The van der Waals surface area contributed by atoms with Crippen molar-refractivity contribution >= 4 is 59.5 Å². The molecule has 0 aromatic heterocycles. The van der Waals surface area contributed by atoms with Gasteiger partial charge < -0.3 is 101 Å². The van der Waals surface area contributed by atoms with Crippen molar-refractivity contribution in [3.63, 3.8) is 0 Å². The first-order valence-corrected chi connectivity index (χ1v) is 35.2. The number of hydrogen-bond donors (Lipinski definition) is 4. The van der Waals surface area contributed by atoms with Crippen molar-refractivity contribution in [2.45, 2.75) is 76.1 Å². The van der Waals surface area contributed by atoms with E-state index in [1.165, 1.54) is 31.1 Å². The van der Waals surface area contributed by atoms with E-state index in [1.54, 1.807) is 85.1 Å². The summed E-state index contributed by atoms with van der Waals surface area (Å²) in [5, 5.41) is 31.0. The highest BCUT2D eigenvalue weighted by molar-refractivity contribution is 6.61. The number of β-amino-alcohol motifs (C(OH)–C–C–N with tert-alkyl or cyclic N) is 3. The summed E-state index contributed by atoms with van der Waals surface area (Å²) < 4.78 is 80.3. The summed E-state index contributed by atoms with van der Waals surface area (Å²) in [7, 11) is 14.0. The fourth-order valence-corrected chi connectivity index (χ4v) is 13.6. The minimum absolute atomic E-state index is 0. The maximum Gasteiger partial charge on any atom is 0.415 e. The molecule has 0 aliphatic carbocycles. The number of esters is 3. The van der Waals surface area contributed by atoms with E-state index < -0.39 is 29.8 Å².